The van der Waals surface area contributed by atoms with Gasteiger partial charge in [-0.05, 0) is 66.7 Å². The Labute approximate surface area is 172 Å². The Balaban J connectivity index is 2.20. The lowest BCUT2D eigenvalue weighted by molar-refractivity contribution is -0.125. The number of rotatable bonds is 8. The first-order valence-corrected chi connectivity index (χ1v) is 10.3. The lowest BCUT2D eigenvalue weighted by atomic mass is 10.0. The summed E-state index contributed by atoms with van der Waals surface area (Å²) >= 11 is 4.75. The number of thioether (sulfide) groups is 1. The minimum Gasteiger partial charge on any atom is -0.470 e. The highest BCUT2D eigenvalue weighted by molar-refractivity contribution is 9.10. The highest BCUT2D eigenvalue weighted by Crippen LogP contribution is 2.28. The SMILES string of the molecule is C=C(NOC)C(C)(C)NC(=O)C(Oc1cc(C)c2ncc(Br)cc2c1)SC. The van der Waals surface area contributed by atoms with E-state index in [4.69, 9.17) is 9.57 Å². The minimum absolute atomic E-state index is 0.253. The molecule has 1 heterocycles. The van der Waals surface area contributed by atoms with Crippen LogP contribution in [-0.4, -0.2) is 35.2 Å². The fourth-order valence-corrected chi connectivity index (χ4v) is 3.29. The molecule has 1 amide bonds. The molecule has 0 aliphatic carbocycles. The zero-order valence-corrected chi connectivity index (χ0v) is 18.5. The van der Waals surface area contributed by atoms with E-state index in [9.17, 15) is 4.79 Å². The number of halogens is 1. The third-order valence-electron chi connectivity index (χ3n) is 4.00. The Hall–Kier alpha value is -1.77. The standard InChI is InChI=1S/C19H24BrN3O3S/c1-11-7-15(9-13-8-14(20)10-21-16(11)13)26-18(27-6)17(24)22-19(3,4)12(2)23-25-5/h7-10,18,23H,2H2,1,3-6H3,(H,22,24). The number of nitrogens with one attached hydrogen (secondary N) is 2. The Bertz CT molecular complexity index is 857. The predicted molar refractivity (Wildman–Crippen MR) is 114 cm³/mol. The Morgan fingerprint density at radius 1 is 1.37 bits per heavy atom. The van der Waals surface area contributed by atoms with Gasteiger partial charge in [0.05, 0.1) is 23.9 Å². The van der Waals surface area contributed by atoms with Gasteiger partial charge in [-0.15, -0.1) is 11.8 Å². The van der Waals surface area contributed by atoms with Crippen LogP contribution in [0, 0.1) is 6.92 Å². The Morgan fingerprint density at radius 2 is 2.07 bits per heavy atom. The molecule has 2 rings (SSSR count). The molecule has 0 fully saturated rings. The number of carbonyl (C=O) groups is 1. The van der Waals surface area contributed by atoms with Gasteiger partial charge in [-0.25, -0.2) is 0 Å². The molecule has 6 nitrogen and oxygen atoms in total. The largest absolute Gasteiger partial charge is 0.470 e. The topological polar surface area (TPSA) is 72.5 Å². The highest BCUT2D eigenvalue weighted by atomic mass is 79.9. The number of amides is 1. The van der Waals surface area contributed by atoms with E-state index in [1.807, 2.05) is 45.2 Å². The van der Waals surface area contributed by atoms with Crippen LogP contribution in [0.15, 0.2) is 41.1 Å². The van der Waals surface area contributed by atoms with Crippen molar-refractivity contribution >= 4 is 44.5 Å². The van der Waals surface area contributed by atoms with Gasteiger partial charge < -0.3 is 10.1 Å². The number of aryl methyl sites for hydroxylation is 1. The Morgan fingerprint density at radius 3 is 2.70 bits per heavy atom. The van der Waals surface area contributed by atoms with Gasteiger partial charge >= 0.3 is 0 Å². The van der Waals surface area contributed by atoms with Crippen LogP contribution in [-0.2, 0) is 9.63 Å². The van der Waals surface area contributed by atoms with Gasteiger partial charge in [-0.2, -0.15) is 0 Å². The van der Waals surface area contributed by atoms with Crippen LogP contribution >= 0.6 is 27.7 Å². The molecule has 0 bridgehead atoms. The van der Waals surface area contributed by atoms with Crippen LogP contribution in [0.5, 0.6) is 5.75 Å². The molecular weight excluding hydrogens is 430 g/mol. The summed E-state index contributed by atoms with van der Waals surface area (Å²) < 4.78 is 6.85. The van der Waals surface area contributed by atoms with Gasteiger partial charge in [0.15, 0.2) is 0 Å². The van der Waals surface area contributed by atoms with E-state index in [1.165, 1.54) is 18.9 Å². The summed E-state index contributed by atoms with van der Waals surface area (Å²) in [5, 5.41) is 3.87. The maximum atomic E-state index is 12.7. The summed E-state index contributed by atoms with van der Waals surface area (Å²) in [5.41, 5.74) is 3.66. The molecule has 0 saturated heterocycles. The monoisotopic (exact) mass is 453 g/mol. The summed E-state index contributed by atoms with van der Waals surface area (Å²) in [5.74, 6) is 0.359. The molecule has 2 N–H and O–H groups in total. The average molecular weight is 454 g/mol. The zero-order chi connectivity index (χ0) is 20.2. The van der Waals surface area contributed by atoms with Crippen LogP contribution in [0.2, 0.25) is 0 Å². The lowest BCUT2D eigenvalue weighted by Gasteiger charge is -2.30. The van der Waals surface area contributed by atoms with Gasteiger partial charge in [-0.1, -0.05) is 6.58 Å². The van der Waals surface area contributed by atoms with Crippen LogP contribution < -0.4 is 15.5 Å². The van der Waals surface area contributed by atoms with E-state index in [2.05, 4.69) is 38.3 Å². The molecular formula is C19H24BrN3O3S. The van der Waals surface area contributed by atoms with Crippen molar-refractivity contribution in [2.75, 3.05) is 13.4 Å². The molecule has 0 radical (unpaired) electrons. The number of aromatic nitrogens is 1. The van der Waals surface area contributed by atoms with Gasteiger partial charge in [0.2, 0.25) is 5.44 Å². The molecule has 2 aromatic rings. The molecule has 146 valence electrons. The quantitative estimate of drug-likeness (QED) is 0.465. The second kappa shape index (κ2) is 8.95. The van der Waals surface area contributed by atoms with Crippen molar-refractivity contribution in [2.24, 2.45) is 0 Å². The molecule has 0 spiro atoms. The molecule has 0 saturated carbocycles. The van der Waals surface area contributed by atoms with Gasteiger partial charge in [0.1, 0.15) is 5.75 Å². The van der Waals surface area contributed by atoms with Crippen molar-refractivity contribution < 1.29 is 14.4 Å². The molecule has 1 aromatic heterocycles. The number of nitrogens with zero attached hydrogens (tertiary/aromatic N) is 1. The number of hydroxylamine groups is 1. The summed E-state index contributed by atoms with van der Waals surface area (Å²) in [6.45, 7) is 9.52. The normalized spacial score (nSPS) is 12.5. The number of carbonyl (C=O) groups excluding carboxylic acids is 1. The predicted octanol–water partition coefficient (Wildman–Crippen LogP) is 3.93. The van der Waals surface area contributed by atoms with Crippen LogP contribution in [0.3, 0.4) is 0 Å². The number of pyridine rings is 1. The molecule has 0 aliphatic heterocycles. The van der Waals surface area contributed by atoms with Crippen molar-refractivity contribution in [3.05, 3.63) is 46.7 Å². The van der Waals surface area contributed by atoms with E-state index < -0.39 is 11.0 Å². The smallest absolute Gasteiger partial charge is 0.272 e. The van der Waals surface area contributed by atoms with Crippen molar-refractivity contribution in [3.63, 3.8) is 0 Å². The van der Waals surface area contributed by atoms with Crippen molar-refractivity contribution in [3.8, 4) is 5.75 Å². The van der Waals surface area contributed by atoms with Crippen LogP contribution in [0.25, 0.3) is 10.9 Å². The third-order valence-corrected chi connectivity index (χ3v) is 5.17. The number of hydrogen-bond donors (Lipinski definition) is 2. The average Bonchev–Trinajstić information content (AvgIpc) is 2.58. The van der Waals surface area contributed by atoms with E-state index in [0.717, 1.165) is 20.9 Å². The molecule has 1 unspecified atom stereocenters. The van der Waals surface area contributed by atoms with Crippen molar-refractivity contribution in [2.45, 2.75) is 31.7 Å². The van der Waals surface area contributed by atoms with Crippen LogP contribution in [0.4, 0.5) is 0 Å². The summed E-state index contributed by atoms with van der Waals surface area (Å²) in [6.07, 6.45) is 3.59. The molecule has 1 aromatic carbocycles. The first-order chi connectivity index (χ1) is 12.7. The summed E-state index contributed by atoms with van der Waals surface area (Å²) in [6, 6.07) is 5.74. The van der Waals surface area contributed by atoms with E-state index in [-0.39, 0.29) is 5.91 Å². The third kappa shape index (κ3) is 5.37. The highest BCUT2D eigenvalue weighted by Gasteiger charge is 2.29. The fourth-order valence-electron chi connectivity index (χ4n) is 2.46. The molecule has 27 heavy (non-hydrogen) atoms. The van der Waals surface area contributed by atoms with E-state index in [1.54, 1.807) is 6.20 Å². The van der Waals surface area contributed by atoms with Crippen molar-refractivity contribution in [1.29, 1.82) is 0 Å². The molecule has 1 atom stereocenters. The molecule has 0 aliphatic rings. The van der Waals surface area contributed by atoms with Crippen molar-refractivity contribution in [1.82, 2.24) is 15.8 Å². The van der Waals surface area contributed by atoms with E-state index >= 15 is 0 Å². The first-order valence-electron chi connectivity index (χ1n) is 8.23. The lowest BCUT2D eigenvalue weighted by Crippen LogP contribution is -2.51. The minimum atomic E-state index is -0.711. The zero-order valence-electron chi connectivity index (χ0n) is 16.1. The number of benzene rings is 1. The fraction of sp³-hybridized carbons (Fsp3) is 0.368. The van der Waals surface area contributed by atoms with Gasteiger partial charge in [-0.3, -0.25) is 20.1 Å². The summed E-state index contributed by atoms with van der Waals surface area (Å²) in [7, 11) is 1.49. The second-order valence-electron chi connectivity index (χ2n) is 6.55. The maximum absolute atomic E-state index is 12.7. The first kappa shape index (κ1) is 21.5. The van der Waals surface area contributed by atoms with Crippen LogP contribution in [0.1, 0.15) is 19.4 Å². The number of ether oxygens (including phenoxy) is 1. The summed E-state index contributed by atoms with van der Waals surface area (Å²) in [4.78, 5) is 22.0. The van der Waals surface area contributed by atoms with Gasteiger partial charge in [0.25, 0.3) is 5.91 Å². The maximum Gasteiger partial charge on any atom is 0.272 e. The van der Waals surface area contributed by atoms with Gasteiger partial charge in [0, 0.05) is 16.1 Å². The number of hydrogen-bond acceptors (Lipinski definition) is 6. The van der Waals surface area contributed by atoms with E-state index in [0.29, 0.717) is 11.4 Å². The molecule has 8 heteroatoms. The second-order valence-corrected chi connectivity index (χ2v) is 8.37. The Kier molecular flexibility index (Phi) is 7.13. The number of fused-ring (bicyclic) bond motifs is 1.